The first kappa shape index (κ1) is 15.4. The van der Waals surface area contributed by atoms with Crippen LogP contribution >= 0.6 is 0 Å². The Bertz CT molecular complexity index is 371. The number of hydrogen-bond donors (Lipinski definition) is 1. The lowest BCUT2D eigenvalue weighted by atomic mass is 9.77. The normalized spacial score (nSPS) is 26.8. The van der Waals surface area contributed by atoms with Gasteiger partial charge in [-0.2, -0.15) is 0 Å². The lowest BCUT2D eigenvalue weighted by Gasteiger charge is -2.42. The van der Waals surface area contributed by atoms with Gasteiger partial charge in [0.2, 0.25) is 0 Å². The molecule has 0 unspecified atom stereocenters. The molecule has 0 aliphatic carbocycles. The van der Waals surface area contributed by atoms with E-state index in [0.717, 1.165) is 51.7 Å². The highest BCUT2D eigenvalue weighted by atomic mass is 16.3. The van der Waals surface area contributed by atoms with Gasteiger partial charge in [-0.1, -0.05) is 11.6 Å². The van der Waals surface area contributed by atoms with Crippen LogP contribution in [0.5, 0.6) is 0 Å². The molecule has 20 heavy (non-hydrogen) atoms. The minimum atomic E-state index is -0.134. The maximum atomic E-state index is 12.5. The fourth-order valence-electron chi connectivity index (χ4n) is 3.26. The molecule has 2 saturated heterocycles. The predicted octanol–water partition coefficient (Wildman–Crippen LogP) is 2.63. The third kappa shape index (κ3) is 3.54. The van der Waals surface area contributed by atoms with Gasteiger partial charge in [0.15, 0.2) is 0 Å². The number of urea groups is 1. The van der Waals surface area contributed by atoms with Gasteiger partial charge in [0.25, 0.3) is 0 Å². The standard InChI is InChI=1S/C16H28N2O2/c1-14(2)6-8-16(13-19)7-5-11-18(12-16)15(20)17-9-3-4-10-17/h6,19H,3-5,7-13H2,1-2H3/t16-/m1/s1. The molecule has 2 heterocycles. The maximum absolute atomic E-state index is 12.5. The monoisotopic (exact) mass is 280 g/mol. The molecule has 1 N–H and O–H groups in total. The molecule has 2 amide bonds. The molecule has 114 valence electrons. The van der Waals surface area contributed by atoms with Crippen molar-refractivity contribution in [3.05, 3.63) is 11.6 Å². The summed E-state index contributed by atoms with van der Waals surface area (Å²) >= 11 is 0. The average Bonchev–Trinajstić information content (AvgIpc) is 2.99. The highest BCUT2D eigenvalue weighted by Crippen LogP contribution is 2.34. The van der Waals surface area contributed by atoms with E-state index in [1.165, 1.54) is 5.57 Å². The van der Waals surface area contributed by atoms with Crippen molar-refractivity contribution >= 4 is 6.03 Å². The molecule has 4 heteroatoms. The minimum absolute atomic E-state index is 0.134. The van der Waals surface area contributed by atoms with Gasteiger partial charge in [-0.15, -0.1) is 0 Å². The van der Waals surface area contributed by atoms with Crippen molar-refractivity contribution in [2.45, 2.75) is 46.0 Å². The molecule has 0 bridgehead atoms. The Hall–Kier alpha value is -1.03. The smallest absolute Gasteiger partial charge is 0.320 e. The van der Waals surface area contributed by atoms with Crippen LogP contribution < -0.4 is 0 Å². The fourth-order valence-corrected chi connectivity index (χ4v) is 3.26. The van der Waals surface area contributed by atoms with E-state index in [2.05, 4.69) is 19.9 Å². The van der Waals surface area contributed by atoms with Crippen LogP contribution in [0.2, 0.25) is 0 Å². The summed E-state index contributed by atoms with van der Waals surface area (Å²) in [5.41, 5.74) is 1.14. The number of amides is 2. The van der Waals surface area contributed by atoms with Crippen molar-refractivity contribution in [3.8, 4) is 0 Å². The zero-order valence-corrected chi connectivity index (χ0v) is 12.9. The molecule has 2 fully saturated rings. The summed E-state index contributed by atoms with van der Waals surface area (Å²) in [5, 5.41) is 9.84. The highest BCUT2D eigenvalue weighted by molar-refractivity contribution is 5.74. The molecule has 0 aromatic rings. The average molecular weight is 280 g/mol. The summed E-state index contributed by atoms with van der Waals surface area (Å²) in [4.78, 5) is 16.4. The SMILES string of the molecule is CC(C)=CC[C@]1(CO)CCCN(C(=O)N2CCCC2)C1. The van der Waals surface area contributed by atoms with Crippen molar-refractivity contribution in [3.63, 3.8) is 0 Å². The van der Waals surface area contributed by atoms with Crippen LogP contribution in [0.25, 0.3) is 0 Å². The van der Waals surface area contributed by atoms with Crippen LogP contribution in [0, 0.1) is 5.41 Å². The van der Waals surface area contributed by atoms with E-state index in [0.29, 0.717) is 6.54 Å². The van der Waals surface area contributed by atoms with E-state index in [1.807, 2.05) is 9.80 Å². The first-order chi connectivity index (χ1) is 9.56. The molecule has 0 radical (unpaired) electrons. The van der Waals surface area contributed by atoms with Gasteiger partial charge in [0, 0.05) is 31.6 Å². The third-order valence-corrected chi connectivity index (χ3v) is 4.59. The van der Waals surface area contributed by atoms with Crippen LogP contribution in [0.4, 0.5) is 4.79 Å². The van der Waals surface area contributed by atoms with Gasteiger partial charge in [-0.05, 0) is 46.0 Å². The molecule has 2 aliphatic rings. The molecular formula is C16H28N2O2. The molecular weight excluding hydrogens is 252 g/mol. The first-order valence-electron chi connectivity index (χ1n) is 7.84. The Labute approximate surface area is 122 Å². The lowest BCUT2D eigenvalue weighted by Crippen LogP contribution is -2.51. The van der Waals surface area contributed by atoms with Gasteiger partial charge in [-0.25, -0.2) is 4.79 Å². The summed E-state index contributed by atoms with van der Waals surface area (Å²) in [7, 11) is 0. The Morgan fingerprint density at radius 1 is 1.15 bits per heavy atom. The van der Waals surface area contributed by atoms with Gasteiger partial charge in [-0.3, -0.25) is 0 Å². The zero-order chi connectivity index (χ0) is 14.6. The van der Waals surface area contributed by atoms with E-state index in [-0.39, 0.29) is 18.1 Å². The van der Waals surface area contributed by atoms with E-state index >= 15 is 0 Å². The largest absolute Gasteiger partial charge is 0.396 e. The van der Waals surface area contributed by atoms with Gasteiger partial charge in [0.05, 0.1) is 6.61 Å². The van der Waals surface area contributed by atoms with E-state index in [1.54, 1.807) is 0 Å². The molecule has 0 saturated carbocycles. The predicted molar refractivity (Wildman–Crippen MR) is 80.6 cm³/mol. The van der Waals surface area contributed by atoms with Crippen LogP contribution in [0.3, 0.4) is 0 Å². The van der Waals surface area contributed by atoms with Gasteiger partial charge < -0.3 is 14.9 Å². The second kappa shape index (κ2) is 6.61. The van der Waals surface area contributed by atoms with E-state index in [4.69, 9.17) is 0 Å². The Morgan fingerprint density at radius 3 is 2.40 bits per heavy atom. The Morgan fingerprint density at radius 2 is 1.80 bits per heavy atom. The Kier molecular flexibility index (Phi) is 5.08. The number of aliphatic hydroxyl groups excluding tert-OH is 1. The zero-order valence-electron chi connectivity index (χ0n) is 12.9. The van der Waals surface area contributed by atoms with Gasteiger partial charge >= 0.3 is 6.03 Å². The number of nitrogens with zero attached hydrogens (tertiary/aromatic N) is 2. The molecule has 2 aliphatic heterocycles. The number of hydrogen-bond acceptors (Lipinski definition) is 2. The van der Waals surface area contributed by atoms with Crippen molar-refractivity contribution < 1.29 is 9.90 Å². The summed E-state index contributed by atoms with van der Waals surface area (Å²) in [5.74, 6) is 0. The number of rotatable bonds is 3. The van der Waals surface area contributed by atoms with Crippen molar-refractivity contribution in [2.24, 2.45) is 5.41 Å². The van der Waals surface area contributed by atoms with Crippen molar-refractivity contribution in [2.75, 3.05) is 32.8 Å². The van der Waals surface area contributed by atoms with Crippen LogP contribution in [-0.4, -0.2) is 53.7 Å². The highest BCUT2D eigenvalue weighted by Gasteiger charge is 2.37. The maximum Gasteiger partial charge on any atom is 0.320 e. The number of aliphatic hydroxyl groups is 1. The molecule has 0 aromatic heterocycles. The fraction of sp³-hybridized carbons (Fsp3) is 0.812. The number of carbonyl (C=O) groups is 1. The second-order valence-electron chi connectivity index (χ2n) is 6.65. The second-order valence-corrected chi connectivity index (χ2v) is 6.65. The van der Waals surface area contributed by atoms with E-state index < -0.39 is 0 Å². The minimum Gasteiger partial charge on any atom is -0.396 e. The summed E-state index contributed by atoms with van der Waals surface area (Å²) in [6.45, 7) is 7.67. The van der Waals surface area contributed by atoms with Crippen molar-refractivity contribution in [1.82, 2.24) is 9.80 Å². The molecule has 0 aromatic carbocycles. The quantitative estimate of drug-likeness (QED) is 0.808. The van der Waals surface area contributed by atoms with E-state index in [9.17, 15) is 9.90 Å². The Balaban J connectivity index is 2.01. The summed E-state index contributed by atoms with van der Waals surface area (Å²) in [6.07, 6.45) is 7.33. The van der Waals surface area contributed by atoms with Gasteiger partial charge in [0.1, 0.15) is 0 Å². The summed E-state index contributed by atoms with van der Waals surface area (Å²) in [6, 6.07) is 0.178. The number of carbonyl (C=O) groups excluding carboxylic acids is 1. The van der Waals surface area contributed by atoms with Crippen molar-refractivity contribution in [1.29, 1.82) is 0 Å². The van der Waals surface area contributed by atoms with Crippen LogP contribution in [0.1, 0.15) is 46.0 Å². The molecule has 2 rings (SSSR count). The molecule has 1 atom stereocenters. The number of likely N-dealkylation sites (tertiary alicyclic amines) is 2. The summed E-state index contributed by atoms with van der Waals surface area (Å²) < 4.78 is 0. The molecule has 0 spiro atoms. The topological polar surface area (TPSA) is 43.8 Å². The number of piperidine rings is 1. The lowest BCUT2D eigenvalue weighted by molar-refractivity contribution is 0.0418. The van der Waals surface area contributed by atoms with Crippen LogP contribution in [-0.2, 0) is 0 Å². The first-order valence-corrected chi connectivity index (χ1v) is 7.84. The van der Waals surface area contributed by atoms with Crippen LogP contribution in [0.15, 0.2) is 11.6 Å². The number of allylic oxidation sites excluding steroid dienone is 2. The third-order valence-electron chi connectivity index (χ3n) is 4.59. The molecule has 4 nitrogen and oxygen atoms in total.